The molecule has 1 aliphatic heterocycles. The van der Waals surface area contributed by atoms with Crippen molar-refractivity contribution < 1.29 is 9.47 Å². The Balaban J connectivity index is 2.22. The molecule has 2 aliphatic rings. The van der Waals surface area contributed by atoms with Gasteiger partial charge in [-0.2, -0.15) is 15.8 Å². The lowest BCUT2D eigenvalue weighted by molar-refractivity contribution is 0.207. The van der Waals surface area contributed by atoms with Crippen LogP contribution in [0.5, 0.6) is 11.5 Å². The Morgan fingerprint density at radius 2 is 1.85 bits per heavy atom. The second-order valence-electron chi connectivity index (χ2n) is 8.42. The number of nitriles is 3. The second-order valence-corrected chi connectivity index (χ2v) is 8.42. The first-order chi connectivity index (χ1) is 16.0. The van der Waals surface area contributed by atoms with Gasteiger partial charge in [-0.05, 0) is 49.6 Å². The van der Waals surface area contributed by atoms with E-state index in [1.54, 1.807) is 0 Å². The molecular weight excluding hydrogens is 414 g/mol. The minimum atomic E-state index is -1.66. The van der Waals surface area contributed by atoms with Gasteiger partial charge >= 0.3 is 0 Å². The number of hydrogen-bond acceptors (Lipinski definition) is 7. The van der Waals surface area contributed by atoms with Crippen molar-refractivity contribution in [1.82, 2.24) is 4.90 Å². The van der Waals surface area contributed by atoms with E-state index >= 15 is 0 Å². The van der Waals surface area contributed by atoms with Crippen molar-refractivity contribution in [2.75, 3.05) is 32.8 Å². The lowest BCUT2D eigenvalue weighted by Crippen LogP contribution is -2.48. The molecule has 2 N–H and O–H groups in total. The first kappa shape index (κ1) is 24.2. The molecule has 1 aromatic rings. The summed E-state index contributed by atoms with van der Waals surface area (Å²) in [5.41, 5.74) is 6.67. The lowest BCUT2D eigenvalue weighted by Gasteiger charge is -2.45. The number of rotatable bonds is 8. The van der Waals surface area contributed by atoms with Crippen molar-refractivity contribution in [3.63, 3.8) is 0 Å². The average Bonchev–Trinajstić information content (AvgIpc) is 2.83. The molecule has 0 saturated heterocycles. The molecule has 0 amide bonds. The molecule has 0 spiro atoms. The highest BCUT2D eigenvalue weighted by atomic mass is 16.5. The smallest absolute Gasteiger partial charge is 0.191 e. The molecule has 0 radical (unpaired) electrons. The van der Waals surface area contributed by atoms with E-state index in [0.29, 0.717) is 37.8 Å². The van der Waals surface area contributed by atoms with Gasteiger partial charge in [0.05, 0.1) is 36.6 Å². The summed E-state index contributed by atoms with van der Waals surface area (Å²) in [6.07, 6.45) is 3.88. The van der Waals surface area contributed by atoms with Crippen molar-refractivity contribution in [3.8, 4) is 29.7 Å². The Kier molecular flexibility index (Phi) is 7.64. The van der Waals surface area contributed by atoms with E-state index in [0.717, 1.165) is 30.5 Å². The van der Waals surface area contributed by atoms with Crippen LogP contribution in [-0.2, 0) is 0 Å². The van der Waals surface area contributed by atoms with Crippen LogP contribution in [0.3, 0.4) is 0 Å². The standard InChI is InChI=1S/C26H31N5O2/c1-4-10-31-11-9-19-20(14-27)25(30)26(16-28,17-29)24(21(19)15-31)18-7-8-22(33-12-5-2)23(13-18)32-6-3/h7-9,13,21,24H,4-6,10-12,15,30H2,1-3H3/t21-,24+/m0/s1. The minimum Gasteiger partial charge on any atom is -0.490 e. The van der Waals surface area contributed by atoms with Crippen molar-refractivity contribution in [1.29, 1.82) is 15.8 Å². The fourth-order valence-corrected chi connectivity index (χ4v) is 4.93. The van der Waals surface area contributed by atoms with Crippen LogP contribution in [-0.4, -0.2) is 37.7 Å². The number of benzene rings is 1. The number of hydrogen-bond donors (Lipinski definition) is 1. The van der Waals surface area contributed by atoms with E-state index in [1.165, 1.54) is 0 Å². The van der Waals surface area contributed by atoms with Gasteiger partial charge in [0.2, 0.25) is 0 Å². The fraction of sp³-hybridized carbons (Fsp3) is 0.500. The normalized spacial score (nSPS) is 21.8. The topological polar surface area (TPSA) is 119 Å². The van der Waals surface area contributed by atoms with Gasteiger partial charge in [-0.1, -0.05) is 26.0 Å². The van der Waals surface area contributed by atoms with Crippen LogP contribution in [0.4, 0.5) is 0 Å². The van der Waals surface area contributed by atoms with Gasteiger partial charge in [0.25, 0.3) is 0 Å². The molecule has 0 fully saturated rings. The highest BCUT2D eigenvalue weighted by Crippen LogP contribution is 2.54. The Labute approximate surface area is 196 Å². The van der Waals surface area contributed by atoms with Crippen LogP contribution in [0, 0.1) is 45.3 Å². The van der Waals surface area contributed by atoms with E-state index in [-0.39, 0.29) is 17.2 Å². The molecule has 0 aromatic heterocycles. The summed E-state index contributed by atoms with van der Waals surface area (Å²) in [6, 6.07) is 12.2. The summed E-state index contributed by atoms with van der Waals surface area (Å²) in [6.45, 7) is 9.32. The summed E-state index contributed by atoms with van der Waals surface area (Å²) >= 11 is 0. The Bertz CT molecular complexity index is 1060. The van der Waals surface area contributed by atoms with Gasteiger partial charge in [-0.3, -0.25) is 4.90 Å². The van der Waals surface area contributed by atoms with E-state index < -0.39 is 11.3 Å². The second kappa shape index (κ2) is 10.4. The molecule has 1 heterocycles. The third-order valence-corrected chi connectivity index (χ3v) is 6.37. The third-order valence-electron chi connectivity index (χ3n) is 6.37. The maximum atomic E-state index is 10.3. The molecule has 0 bridgehead atoms. The summed E-state index contributed by atoms with van der Waals surface area (Å²) in [4.78, 5) is 2.29. The van der Waals surface area contributed by atoms with Gasteiger partial charge in [0.15, 0.2) is 16.9 Å². The quantitative estimate of drug-likeness (QED) is 0.642. The molecule has 172 valence electrons. The van der Waals surface area contributed by atoms with E-state index in [2.05, 4.69) is 30.0 Å². The first-order valence-electron chi connectivity index (χ1n) is 11.6. The average molecular weight is 446 g/mol. The summed E-state index contributed by atoms with van der Waals surface area (Å²) < 4.78 is 11.7. The molecule has 7 nitrogen and oxygen atoms in total. The Hall–Kier alpha value is -3.47. The number of nitrogens with two attached hydrogens (primary N) is 1. The molecule has 1 aromatic carbocycles. The Morgan fingerprint density at radius 3 is 2.45 bits per heavy atom. The number of allylic oxidation sites excluding steroid dienone is 2. The molecular formula is C26H31N5O2. The van der Waals surface area contributed by atoms with E-state index in [1.807, 2.05) is 38.1 Å². The van der Waals surface area contributed by atoms with Crippen molar-refractivity contribution in [2.45, 2.75) is 39.5 Å². The van der Waals surface area contributed by atoms with Crippen LogP contribution in [0.25, 0.3) is 0 Å². The highest BCUT2D eigenvalue weighted by Gasteiger charge is 2.54. The number of fused-ring (bicyclic) bond motifs is 1. The zero-order valence-electron chi connectivity index (χ0n) is 19.6. The van der Waals surface area contributed by atoms with Gasteiger partial charge in [0.1, 0.15) is 6.07 Å². The van der Waals surface area contributed by atoms with Crippen molar-refractivity contribution >= 4 is 0 Å². The zero-order chi connectivity index (χ0) is 24.0. The molecule has 0 saturated carbocycles. The number of nitrogens with zero attached hydrogens (tertiary/aromatic N) is 4. The molecule has 33 heavy (non-hydrogen) atoms. The zero-order valence-corrected chi connectivity index (χ0v) is 19.6. The summed E-state index contributed by atoms with van der Waals surface area (Å²) in [7, 11) is 0. The van der Waals surface area contributed by atoms with Gasteiger partial charge in [0, 0.05) is 24.9 Å². The minimum absolute atomic E-state index is 0.0377. The summed E-state index contributed by atoms with van der Waals surface area (Å²) in [5, 5.41) is 30.4. The number of ether oxygens (including phenoxy) is 2. The van der Waals surface area contributed by atoms with Crippen molar-refractivity contribution in [3.05, 3.63) is 46.7 Å². The SMILES string of the molecule is CCCOc1ccc([C@@H]2[C@H]3CN(CCC)CC=C3C(C#N)=C(N)C2(C#N)C#N)cc1OCC. The molecule has 1 aliphatic carbocycles. The molecule has 0 unspecified atom stereocenters. The van der Waals surface area contributed by atoms with Crippen LogP contribution >= 0.6 is 0 Å². The molecule has 3 rings (SSSR count). The lowest BCUT2D eigenvalue weighted by atomic mass is 9.58. The first-order valence-corrected chi connectivity index (χ1v) is 11.6. The monoisotopic (exact) mass is 445 g/mol. The van der Waals surface area contributed by atoms with E-state index in [9.17, 15) is 15.8 Å². The largest absolute Gasteiger partial charge is 0.490 e. The van der Waals surface area contributed by atoms with Crippen LogP contribution in [0.1, 0.15) is 45.1 Å². The predicted molar refractivity (Wildman–Crippen MR) is 125 cm³/mol. The Morgan fingerprint density at radius 1 is 1.09 bits per heavy atom. The van der Waals surface area contributed by atoms with Crippen LogP contribution in [0.15, 0.2) is 41.1 Å². The van der Waals surface area contributed by atoms with Gasteiger partial charge in [-0.25, -0.2) is 0 Å². The van der Waals surface area contributed by atoms with Gasteiger partial charge < -0.3 is 15.2 Å². The summed E-state index contributed by atoms with van der Waals surface area (Å²) in [5.74, 6) is 0.443. The molecule has 7 heteroatoms. The fourth-order valence-electron chi connectivity index (χ4n) is 4.93. The van der Waals surface area contributed by atoms with Crippen LogP contribution < -0.4 is 15.2 Å². The highest BCUT2D eigenvalue weighted by molar-refractivity contribution is 5.60. The maximum absolute atomic E-state index is 10.3. The van der Waals surface area contributed by atoms with Gasteiger partial charge in [-0.15, -0.1) is 0 Å². The maximum Gasteiger partial charge on any atom is 0.191 e. The predicted octanol–water partition coefficient (Wildman–Crippen LogP) is 4.01. The van der Waals surface area contributed by atoms with Crippen LogP contribution in [0.2, 0.25) is 0 Å². The van der Waals surface area contributed by atoms with E-state index in [4.69, 9.17) is 15.2 Å². The molecule has 2 atom stereocenters. The third kappa shape index (κ3) is 4.28. The van der Waals surface area contributed by atoms with Crippen molar-refractivity contribution in [2.24, 2.45) is 17.1 Å².